The van der Waals surface area contributed by atoms with Crippen LogP contribution >= 0.6 is 7.82 Å². The van der Waals surface area contributed by atoms with Gasteiger partial charge in [-0.25, -0.2) is 4.57 Å². The Morgan fingerprint density at radius 2 is 0.615 bits per heavy atom. The van der Waals surface area contributed by atoms with Crippen molar-refractivity contribution in [1.29, 1.82) is 0 Å². The van der Waals surface area contributed by atoms with Crippen LogP contribution in [0.5, 0.6) is 0 Å². The van der Waals surface area contributed by atoms with Crippen molar-refractivity contribution in [3.8, 4) is 0 Å². The van der Waals surface area contributed by atoms with Gasteiger partial charge in [0.1, 0.15) is 98.7 Å². The van der Waals surface area contributed by atoms with Gasteiger partial charge in [0.25, 0.3) is 0 Å². The molecule has 25 heteroatoms. The minimum atomic E-state index is -5.70. The molecule has 11 N–H and O–H groups in total. The van der Waals surface area contributed by atoms with Gasteiger partial charge in [0.05, 0.1) is 13.2 Å². The number of esters is 3. The van der Waals surface area contributed by atoms with E-state index in [1.54, 1.807) is 0 Å². The molecule has 0 spiro atoms. The number of aliphatic hydroxyl groups is 10. The Kier molecular flexibility index (Phi) is 56.1. The van der Waals surface area contributed by atoms with E-state index in [2.05, 4.69) is 20.8 Å². The third kappa shape index (κ3) is 42.4. The lowest BCUT2D eigenvalue weighted by Gasteiger charge is -2.49. The zero-order valence-corrected chi connectivity index (χ0v) is 65.5. The molecule has 3 fully saturated rings. The molecule has 0 amide bonds. The maximum absolute atomic E-state index is 14.4. The van der Waals surface area contributed by atoms with E-state index in [-0.39, 0.29) is 19.3 Å². The van der Waals surface area contributed by atoms with Crippen molar-refractivity contribution in [2.75, 3.05) is 26.4 Å². The van der Waals surface area contributed by atoms with Crippen LogP contribution in [0.3, 0.4) is 0 Å². The summed E-state index contributed by atoms with van der Waals surface area (Å²) in [4.78, 5) is 51.2. The SMILES string of the molecule is CCCCCCCCCCCCCCCCCCCC(=O)OCC1OC(OC2C(O)C(O)C(O)C(OC3OC(CO)C(O)C(O)C3O)C2OP(=O)(O)OCC(COC(=O)CCCCCCCCCCCCCCCCC)OC(=O)CCCCCCCCCCCCCCCCCCC)C(O)C(O)C1O. The topological polar surface area (TPSA) is 374 Å². The number of carbonyl (C=O) groups excluding carboxylic acids is 3. The predicted octanol–water partition coefficient (Wildman–Crippen LogP) is 13.3. The quantitative estimate of drug-likeness (QED) is 0.0117. The van der Waals surface area contributed by atoms with Crippen molar-refractivity contribution < 1.29 is 117 Å². The molecule has 18 unspecified atom stereocenters. The summed E-state index contributed by atoms with van der Waals surface area (Å²) in [5, 5.41) is 110. The van der Waals surface area contributed by atoms with Gasteiger partial charge in [-0.2, -0.15) is 0 Å². The van der Waals surface area contributed by atoms with Crippen LogP contribution in [0.2, 0.25) is 0 Å². The minimum absolute atomic E-state index is 0.0324. The van der Waals surface area contributed by atoms with E-state index in [4.69, 9.17) is 42.2 Å². The van der Waals surface area contributed by atoms with Crippen molar-refractivity contribution >= 4 is 25.7 Å². The third-order valence-electron chi connectivity index (χ3n) is 20.9. The van der Waals surface area contributed by atoms with Gasteiger partial charge in [0.15, 0.2) is 18.7 Å². The molecule has 2 heterocycles. The van der Waals surface area contributed by atoms with Gasteiger partial charge in [-0.05, 0) is 19.3 Å². The second-order valence-electron chi connectivity index (χ2n) is 30.2. The molecule has 1 saturated carbocycles. The fourth-order valence-electron chi connectivity index (χ4n) is 14.1. The summed E-state index contributed by atoms with van der Waals surface area (Å²) in [7, 11) is -5.70. The second-order valence-corrected chi connectivity index (χ2v) is 31.6. The molecule has 0 bridgehead atoms. The molecule has 3 aliphatic rings. The molecule has 104 heavy (non-hydrogen) atoms. The smallest absolute Gasteiger partial charge is 0.463 e. The number of rotatable bonds is 67. The zero-order valence-electron chi connectivity index (χ0n) is 64.6. The van der Waals surface area contributed by atoms with Gasteiger partial charge in [0.2, 0.25) is 0 Å². The third-order valence-corrected chi connectivity index (χ3v) is 21.9. The fraction of sp³-hybridized carbons (Fsp3) is 0.962. The molecule has 3 rings (SSSR count). The monoisotopic (exact) mass is 1510 g/mol. The molecular weight excluding hydrogens is 1360 g/mol. The van der Waals surface area contributed by atoms with E-state index in [0.29, 0.717) is 19.3 Å². The Bertz CT molecular complexity index is 2130. The summed E-state index contributed by atoms with van der Waals surface area (Å²) >= 11 is 0. The highest BCUT2D eigenvalue weighted by atomic mass is 31.2. The average Bonchev–Trinajstić information content (AvgIpc) is 0.761. The number of phosphoric ester groups is 1. The number of aliphatic hydroxyl groups excluding tert-OH is 10. The van der Waals surface area contributed by atoms with Gasteiger partial charge >= 0.3 is 25.7 Å². The second kappa shape index (κ2) is 60.7. The standard InChI is InChI=1S/C79H149O24P/c1-4-7-10-13-16-19-22-25-28-30-33-36-39-42-45-48-51-54-64(82)96-59-62-67(85)69(87)74(92)79(100-62)102-76-72(90)70(88)71(89)75(101-78-73(91)68(86)66(84)61(56-80)99-78)77(76)103-104(93,94)97-58-60(57-95-63(81)53-50-47-44-41-38-35-32-27-24-21-18-15-12-9-6-3)98-65(83)55-52-49-46-43-40-37-34-31-29-26-23-20-17-14-11-8-5-2/h60-62,66-80,84-92H,4-59H2,1-3H3,(H,93,94). The molecule has 0 radical (unpaired) electrons. The van der Waals surface area contributed by atoms with E-state index in [1.807, 2.05) is 0 Å². The summed E-state index contributed by atoms with van der Waals surface area (Å²) < 4.78 is 65.3. The lowest BCUT2D eigenvalue weighted by Crippen LogP contribution is -2.69. The Hall–Kier alpha value is -2.04. The zero-order chi connectivity index (χ0) is 76.0. The van der Waals surface area contributed by atoms with Crippen LogP contribution in [-0.4, -0.2) is 204 Å². The van der Waals surface area contributed by atoms with Gasteiger partial charge in [-0.15, -0.1) is 0 Å². The Morgan fingerprint density at radius 3 is 0.942 bits per heavy atom. The first-order chi connectivity index (χ1) is 50.3. The van der Waals surface area contributed by atoms with E-state index in [0.717, 1.165) is 89.9 Å². The molecule has 0 aromatic rings. The van der Waals surface area contributed by atoms with Gasteiger partial charge in [-0.3, -0.25) is 23.4 Å². The van der Waals surface area contributed by atoms with E-state index in [1.165, 1.54) is 205 Å². The van der Waals surface area contributed by atoms with Crippen molar-refractivity contribution in [3.05, 3.63) is 0 Å². The lowest BCUT2D eigenvalue weighted by atomic mass is 9.84. The Labute approximate surface area is 625 Å². The fourth-order valence-corrected chi connectivity index (χ4v) is 15.1. The maximum Gasteiger partial charge on any atom is 0.472 e. The van der Waals surface area contributed by atoms with Gasteiger partial charge < -0.3 is 89.1 Å². The van der Waals surface area contributed by atoms with Crippen LogP contribution in [0.4, 0.5) is 0 Å². The number of hydrogen-bond acceptors (Lipinski definition) is 23. The van der Waals surface area contributed by atoms with Crippen molar-refractivity contribution in [3.63, 3.8) is 0 Å². The molecule has 18 atom stereocenters. The van der Waals surface area contributed by atoms with Crippen LogP contribution in [-0.2, 0) is 61.2 Å². The molecule has 0 aromatic carbocycles. The van der Waals surface area contributed by atoms with Crippen LogP contribution in [0.25, 0.3) is 0 Å². The number of phosphoric acid groups is 1. The molecule has 1 aliphatic carbocycles. The molecule has 0 aromatic heterocycles. The Balaban J connectivity index is 1.68. The molecule has 24 nitrogen and oxygen atoms in total. The summed E-state index contributed by atoms with van der Waals surface area (Å²) in [6.07, 6.45) is 21.2. The van der Waals surface area contributed by atoms with Crippen molar-refractivity contribution in [2.24, 2.45) is 0 Å². The first-order valence-corrected chi connectivity index (χ1v) is 43.3. The normalized spacial score (nSPS) is 26.7. The van der Waals surface area contributed by atoms with Gasteiger partial charge in [-0.1, -0.05) is 316 Å². The summed E-state index contributed by atoms with van der Waals surface area (Å²) in [6, 6.07) is 0. The van der Waals surface area contributed by atoms with Crippen molar-refractivity contribution in [2.45, 2.75) is 459 Å². The van der Waals surface area contributed by atoms with Crippen LogP contribution in [0.1, 0.15) is 355 Å². The predicted molar refractivity (Wildman–Crippen MR) is 398 cm³/mol. The highest BCUT2D eigenvalue weighted by Crippen LogP contribution is 2.49. The number of carbonyl (C=O) groups is 3. The minimum Gasteiger partial charge on any atom is -0.463 e. The summed E-state index contributed by atoms with van der Waals surface area (Å²) in [6.45, 7) is 3.53. The first-order valence-electron chi connectivity index (χ1n) is 41.8. The van der Waals surface area contributed by atoms with E-state index < -0.39 is 156 Å². The van der Waals surface area contributed by atoms with Gasteiger partial charge in [0, 0.05) is 19.3 Å². The summed E-state index contributed by atoms with van der Waals surface area (Å²) in [5.74, 6) is -1.96. The molecule has 2 aliphatic heterocycles. The van der Waals surface area contributed by atoms with Crippen LogP contribution in [0, 0.1) is 0 Å². The molecule has 614 valence electrons. The Morgan fingerprint density at radius 1 is 0.337 bits per heavy atom. The molecule has 2 saturated heterocycles. The lowest BCUT2D eigenvalue weighted by molar-refractivity contribution is -0.360. The average molecular weight is 1510 g/mol. The number of ether oxygens (including phenoxy) is 7. The van der Waals surface area contributed by atoms with Crippen molar-refractivity contribution in [1.82, 2.24) is 0 Å². The summed E-state index contributed by atoms with van der Waals surface area (Å²) in [5.41, 5.74) is 0. The van der Waals surface area contributed by atoms with E-state index >= 15 is 0 Å². The first kappa shape index (κ1) is 96.2. The number of hydrogen-bond donors (Lipinski definition) is 11. The van der Waals surface area contributed by atoms with Crippen LogP contribution in [0.15, 0.2) is 0 Å². The largest absolute Gasteiger partial charge is 0.472 e. The van der Waals surface area contributed by atoms with Crippen LogP contribution < -0.4 is 0 Å². The highest BCUT2D eigenvalue weighted by molar-refractivity contribution is 7.47. The maximum atomic E-state index is 14.4. The molecular formula is C79H149O24P. The number of unbranched alkanes of at least 4 members (excludes halogenated alkanes) is 46. The highest BCUT2D eigenvalue weighted by Gasteiger charge is 2.58. The van der Waals surface area contributed by atoms with E-state index in [9.17, 15) is 74.9 Å².